The van der Waals surface area contributed by atoms with Crippen molar-refractivity contribution < 1.29 is 30.0 Å². The summed E-state index contributed by atoms with van der Waals surface area (Å²) in [6.07, 6.45) is 5.49. The van der Waals surface area contributed by atoms with E-state index in [0.29, 0.717) is 11.1 Å². The van der Waals surface area contributed by atoms with Gasteiger partial charge in [0.25, 0.3) is 0 Å². The fourth-order valence-corrected chi connectivity index (χ4v) is 4.39. The molecule has 0 fully saturated rings. The van der Waals surface area contributed by atoms with E-state index in [1.165, 1.54) is 12.2 Å². The number of carboxylic acid groups (broad SMARTS) is 2. The lowest BCUT2D eigenvalue weighted by Crippen LogP contribution is -2.49. The first kappa shape index (κ1) is 19.1. The Hall–Kier alpha value is -3.22. The van der Waals surface area contributed by atoms with Gasteiger partial charge in [-0.3, -0.25) is 0 Å². The van der Waals surface area contributed by atoms with Crippen LogP contribution in [0.1, 0.15) is 40.5 Å². The largest absolute Gasteiger partial charge is 0.479 e. The Bertz CT molecular complexity index is 971. The van der Waals surface area contributed by atoms with Crippen LogP contribution in [0.15, 0.2) is 60.7 Å². The number of benzene rings is 2. The van der Waals surface area contributed by atoms with Gasteiger partial charge in [-0.15, -0.1) is 0 Å². The van der Waals surface area contributed by atoms with Crippen LogP contribution in [0.25, 0.3) is 12.2 Å². The molecular formula is C23H20O6. The predicted octanol–water partition coefficient (Wildman–Crippen LogP) is 2.63. The van der Waals surface area contributed by atoms with E-state index in [4.69, 9.17) is 0 Å². The van der Waals surface area contributed by atoms with Crippen LogP contribution in [0, 0.1) is 0 Å². The van der Waals surface area contributed by atoms with E-state index in [1.54, 1.807) is 60.7 Å². The molecule has 0 saturated heterocycles. The van der Waals surface area contributed by atoms with Crippen LogP contribution in [-0.4, -0.2) is 43.6 Å². The molecule has 0 radical (unpaired) electrons. The first-order chi connectivity index (χ1) is 13.8. The van der Waals surface area contributed by atoms with Gasteiger partial charge in [0.05, 0.1) is 0 Å². The highest BCUT2D eigenvalue weighted by Gasteiger charge is 2.52. The number of carbonyl (C=O) groups is 2. The second-order valence-corrected chi connectivity index (χ2v) is 7.53. The van der Waals surface area contributed by atoms with E-state index in [-0.39, 0.29) is 6.42 Å². The maximum atomic E-state index is 12.0. The van der Waals surface area contributed by atoms with Crippen molar-refractivity contribution in [2.45, 2.75) is 29.5 Å². The molecule has 4 rings (SSSR count). The fraction of sp³-hybridized carbons (Fsp3) is 0.217. The molecule has 148 valence electrons. The zero-order valence-corrected chi connectivity index (χ0v) is 15.4. The summed E-state index contributed by atoms with van der Waals surface area (Å²) in [6, 6.07) is 14.1. The van der Waals surface area contributed by atoms with Crippen molar-refractivity contribution in [3.63, 3.8) is 0 Å². The molecule has 2 aliphatic carbocycles. The number of hydrogen-bond acceptors (Lipinski definition) is 4. The molecular weight excluding hydrogens is 372 g/mol. The smallest absolute Gasteiger partial charge is 0.340 e. The van der Waals surface area contributed by atoms with Crippen molar-refractivity contribution in [3.05, 3.63) is 82.9 Å². The Morgan fingerprint density at radius 1 is 0.724 bits per heavy atom. The van der Waals surface area contributed by atoms with Gasteiger partial charge in [0.15, 0.2) is 11.2 Å². The highest BCUT2D eigenvalue weighted by atomic mass is 16.4. The van der Waals surface area contributed by atoms with Gasteiger partial charge < -0.3 is 20.4 Å². The Morgan fingerprint density at radius 2 is 1.10 bits per heavy atom. The second kappa shape index (κ2) is 6.69. The third kappa shape index (κ3) is 2.88. The van der Waals surface area contributed by atoms with Gasteiger partial charge in [-0.2, -0.15) is 0 Å². The average Bonchev–Trinajstić information content (AvgIpc) is 2.71. The minimum Gasteiger partial charge on any atom is -0.479 e. The number of aliphatic carboxylic acids is 2. The summed E-state index contributed by atoms with van der Waals surface area (Å²) in [5, 5.41) is 41.5. The van der Waals surface area contributed by atoms with E-state index in [9.17, 15) is 30.0 Å². The van der Waals surface area contributed by atoms with Gasteiger partial charge in [0.2, 0.25) is 0 Å². The first-order valence-electron chi connectivity index (χ1n) is 9.25. The Labute approximate surface area is 167 Å². The Balaban J connectivity index is 1.87. The predicted molar refractivity (Wildman–Crippen MR) is 106 cm³/mol. The summed E-state index contributed by atoms with van der Waals surface area (Å²) in [5.74, 6) is -4.74. The van der Waals surface area contributed by atoms with Crippen LogP contribution in [0.2, 0.25) is 0 Å². The molecule has 2 aliphatic rings. The second-order valence-electron chi connectivity index (χ2n) is 7.53. The number of fused-ring (bicyclic) bond motifs is 2. The number of rotatable bonds is 4. The highest BCUT2D eigenvalue weighted by molar-refractivity contribution is 5.87. The van der Waals surface area contributed by atoms with Crippen molar-refractivity contribution in [2.75, 3.05) is 0 Å². The fourth-order valence-electron chi connectivity index (χ4n) is 4.39. The molecule has 0 aliphatic heterocycles. The van der Waals surface area contributed by atoms with Crippen LogP contribution in [0.4, 0.5) is 0 Å². The molecule has 0 aromatic heterocycles. The highest BCUT2D eigenvalue weighted by Crippen LogP contribution is 2.48. The molecule has 4 N–H and O–H groups in total. The van der Waals surface area contributed by atoms with E-state index in [0.717, 1.165) is 11.1 Å². The van der Waals surface area contributed by atoms with Crippen molar-refractivity contribution in [1.82, 2.24) is 0 Å². The summed E-state index contributed by atoms with van der Waals surface area (Å²) in [7, 11) is 0. The number of hydrogen-bond donors (Lipinski definition) is 4. The maximum absolute atomic E-state index is 12.0. The quantitative estimate of drug-likeness (QED) is 0.636. The third-order valence-corrected chi connectivity index (χ3v) is 6.00. The number of aliphatic hydroxyl groups is 2. The van der Waals surface area contributed by atoms with Crippen LogP contribution in [0.5, 0.6) is 0 Å². The van der Waals surface area contributed by atoms with Crippen molar-refractivity contribution in [2.24, 2.45) is 0 Å². The molecule has 0 heterocycles. The molecule has 29 heavy (non-hydrogen) atoms. The van der Waals surface area contributed by atoms with E-state index < -0.39 is 35.0 Å². The SMILES string of the molecule is O=C(O)C1(O)C=Cc2ccccc2C1CC1c2ccccc2C=CC1(O)C(=O)O. The molecule has 0 saturated carbocycles. The lowest BCUT2D eigenvalue weighted by Gasteiger charge is -2.41. The monoisotopic (exact) mass is 392 g/mol. The van der Waals surface area contributed by atoms with E-state index in [2.05, 4.69) is 0 Å². The summed E-state index contributed by atoms with van der Waals surface area (Å²) >= 11 is 0. The minimum atomic E-state index is -2.22. The van der Waals surface area contributed by atoms with Crippen molar-refractivity contribution in [3.8, 4) is 0 Å². The summed E-state index contributed by atoms with van der Waals surface area (Å²) in [4.78, 5) is 24.0. The van der Waals surface area contributed by atoms with Crippen LogP contribution in [-0.2, 0) is 9.59 Å². The van der Waals surface area contributed by atoms with Crippen molar-refractivity contribution >= 4 is 24.1 Å². The zero-order valence-electron chi connectivity index (χ0n) is 15.4. The Kier molecular flexibility index (Phi) is 4.41. The van der Waals surface area contributed by atoms with Crippen molar-refractivity contribution in [1.29, 1.82) is 0 Å². The van der Waals surface area contributed by atoms with Crippen LogP contribution >= 0.6 is 0 Å². The number of carboxylic acids is 2. The lowest BCUT2D eigenvalue weighted by molar-refractivity contribution is -0.158. The van der Waals surface area contributed by atoms with Crippen LogP contribution < -0.4 is 0 Å². The third-order valence-electron chi connectivity index (χ3n) is 6.00. The molecule has 2 aromatic rings. The normalized spacial score (nSPS) is 29.7. The maximum Gasteiger partial charge on any atom is 0.340 e. The van der Waals surface area contributed by atoms with Gasteiger partial charge in [-0.1, -0.05) is 60.7 Å². The molecule has 6 nitrogen and oxygen atoms in total. The van der Waals surface area contributed by atoms with E-state index in [1.807, 2.05) is 0 Å². The first-order valence-corrected chi connectivity index (χ1v) is 9.25. The minimum absolute atomic E-state index is 0.0751. The standard InChI is InChI=1S/C23H20O6/c24-20(25)22(28)11-9-14-5-1-3-7-16(14)18(22)13-19-17-8-4-2-6-15(17)10-12-23(19,29)21(26)27/h1-12,18-19,28-29H,13H2,(H,24,25)(H,26,27). The molecule has 0 bridgehead atoms. The molecule has 2 aromatic carbocycles. The van der Waals surface area contributed by atoms with Gasteiger partial charge in [0.1, 0.15) is 0 Å². The van der Waals surface area contributed by atoms with Gasteiger partial charge >= 0.3 is 11.9 Å². The molecule has 6 heteroatoms. The topological polar surface area (TPSA) is 115 Å². The molecule has 0 spiro atoms. The van der Waals surface area contributed by atoms with Gasteiger partial charge in [-0.05, 0) is 40.8 Å². The summed E-state index contributed by atoms with van der Waals surface area (Å²) < 4.78 is 0. The van der Waals surface area contributed by atoms with E-state index >= 15 is 0 Å². The van der Waals surface area contributed by atoms with Crippen LogP contribution in [0.3, 0.4) is 0 Å². The average molecular weight is 392 g/mol. The molecule has 4 atom stereocenters. The summed E-state index contributed by atoms with van der Waals surface area (Å²) in [5.41, 5.74) is -1.74. The van der Waals surface area contributed by atoms with Gasteiger partial charge in [-0.25, -0.2) is 9.59 Å². The zero-order chi connectivity index (χ0) is 20.8. The summed E-state index contributed by atoms with van der Waals surface area (Å²) in [6.45, 7) is 0. The molecule has 0 amide bonds. The van der Waals surface area contributed by atoms with Gasteiger partial charge in [0, 0.05) is 11.8 Å². The molecule has 4 unspecified atom stereocenters. The Morgan fingerprint density at radius 3 is 1.48 bits per heavy atom. The lowest BCUT2D eigenvalue weighted by atomic mass is 9.65.